The molecule has 9 nitrogen and oxygen atoms in total. The van der Waals surface area contributed by atoms with Gasteiger partial charge in [-0.2, -0.15) is 0 Å². The lowest BCUT2D eigenvalue weighted by molar-refractivity contribution is -0.121. The van der Waals surface area contributed by atoms with E-state index in [1.165, 1.54) is 24.3 Å². The molecular weight excluding hydrogens is 476 g/mol. The van der Waals surface area contributed by atoms with E-state index in [1.54, 1.807) is 33.4 Å². The molecule has 0 unspecified atom stereocenters. The minimum atomic E-state index is -3.85. The van der Waals surface area contributed by atoms with Gasteiger partial charge in [0.2, 0.25) is 5.91 Å². The molecule has 2 aromatic carbocycles. The average molecular weight is 499 g/mol. The smallest absolute Gasteiger partial charge is 0.265 e. The molecule has 0 radical (unpaired) electrons. The number of ether oxygens (including phenoxy) is 1. The van der Waals surface area contributed by atoms with Gasteiger partial charge in [0.1, 0.15) is 5.75 Å². The van der Waals surface area contributed by atoms with Crippen LogP contribution in [-0.2, 0) is 26.0 Å². The van der Waals surface area contributed by atoms with Gasteiger partial charge >= 0.3 is 0 Å². The van der Waals surface area contributed by atoms with Crippen LogP contribution < -0.4 is 19.3 Å². The van der Waals surface area contributed by atoms with Gasteiger partial charge in [0.15, 0.2) is 11.7 Å². The van der Waals surface area contributed by atoms with Gasteiger partial charge in [-0.1, -0.05) is 0 Å². The van der Waals surface area contributed by atoms with E-state index in [0.29, 0.717) is 36.6 Å². The van der Waals surface area contributed by atoms with Crippen molar-refractivity contribution in [2.45, 2.75) is 25.2 Å². The molecule has 0 bridgehead atoms. The number of sulfonamides is 1. The summed E-state index contributed by atoms with van der Waals surface area (Å²) < 4.78 is 34.0. The summed E-state index contributed by atoms with van der Waals surface area (Å²) in [4.78, 5) is 31.8. The highest BCUT2D eigenvalue weighted by Crippen LogP contribution is 2.37. The van der Waals surface area contributed by atoms with Crippen LogP contribution in [0.4, 0.5) is 16.5 Å². The monoisotopic (exact) mass is 498 g/mol. The van der Waals surface area contributed by atoms with Crippen LogP contribution in [0.5, 0.6) is 5.75 Å². The number of nitrogens with one attached hydrogen (secondary N) is 1. The molecule has 5 rings (SSSR count). The van der Waals surface area contributed by atoms with Crippen LogP contribution in [0.1, 0.15) is 19.4 Å². The van der Waals surface area contributed by atoms with Crippen molar-refractivity contribution < 1.29 is 22.7 Å². The van der Waals surface area contributed by atoms with E-state index < -0.39 is 10.0 Å². The fourth-order valence-corrected chi connectivity index (χ4v) is 6.23. The summed E-state index contributed by atoms with van der Waals surface area (Å²) in [6.07, 6.45) is 0.610. The highest BCUT2D eigenvalue weighted by atomic mass is 32.2. The molecule has 0 saturated carbocycles. The van der Waals surface area contributed by atoms with Gasteiger partial charge in [0, 0.05) is 36.6 Å². The van der Waals surface area contributed by atoms with Crippen molar-refractivity contribution in [1.82, 2.24) is 4.98 Å². The highest BCUT2D eigenvalue weighted by molar-refractivity contribution is 7.93. The van der Waals surface area contributed by atoms with Gasteiger partial charge in [-0.15, -0.1) is 11.3 Å². The molecule has 34 heavy (non-hydrogen) atoms. The molecule has 11 heteroatoms. The molecule has 0 saturated heterocycles. The molecule has 2 amide bonds. The second-order valence-corrected chi connectivity index (χ2v) is 10.5. The Kier molecular flexibility index (Phi) is 5.53. The lowest BCUT2D eigenvalue weighted by Crippen LogP contribution is -2.38. The van der Waals surface area contributed by atoms with Crippen molar-refractivity contribution in [3.8, 4) is 17.0 Å². The minimum absolute atomic E-state index is 0.0122. The quantitative estimate of drug-likeness (QED) is 0.578. The fourth-order valence-electron chi connectivity index (χ4n) is 4.21. The first-order chi connectivity index (χ1) is 16.3. The molecule has 0 aliphatic carbocycles. The van der Waals surface area contributed by atoms with Crippen LogP contribution in [0, 0.1) is 0 Å². The van der Waals surface area contributed by atoms with Crippen molar-refractivity contribution in [2.24, 2.45) is 0 Å². The van der Waals surface area contributed by atoms with Gasteiger partial charge in [-0.3, -0.25) is 14.3 Å². The molecular formula is C23H22N4O5S2. The van der Waals surface area contributed by atoms with Crippen LogP contribution >= 0.6 is 11.3 Å². The highest BCUT2D eigenvalue weighted by Gasteiger charge is 2.27. The van der Waals surface area contributed by atoms with Crippen molar-refractivity contribution in [3.05, 3.63) is 47.3 Å². The number of carbonyl (C=O) groups is 2. The average Bonchev–Trinajstić information content (AvgIpc) is 3.45. The van der Waals surface area contributed by atoms with E-state index in [1.807, 2.05) is 19.1 Å². The number of aromatic nitrogens is 1. The van der Waals surface area contributed by atoms with Crippen LogP contribution in [0.25, 0.3) is 11.3 Å². The van der Waals surface area contributed by atoms with E-state index in [2.05, 4.69) is 9.71 Å². The molecule has 176 valence electrons. The summed E-state index contributed by atoms with van der Waals surface area (Å²) in [7, 11) is -3.85. The predicted molar refractivity (Wildman–Crippen MR) is 130 cm³/mol. The first-order valence-electron chi connectivity index (χ1n) is 10.7. The number of carbonyl (C=O) groups excluding carboxylic acids is 2. The van der Waals surface area contributed by atoms with Crippen LogP contribution in [0.2, 0.25) is 0 Å². The molecule has 1 N–H and O–H groups in total. The number of thiazole rings is 1. The first kappa shape index (κ1) is 22.4. The standard InChI is InChI=1S/C23H22N4O5S2/c1-3-26-20-11-15(4-7-21(20)32-12-22(26)29)18-13-33-23(24-18)25-34(30,31)17-5-6-19-16(10-17)8-9-27(19)14(2)28/h4-7,10-11,13H,3,8-9,12H2,1-2H3,(H,24,25). The largest absolute Gasteiger partial charge is 0.482 e. The molecule has 0 atom stereocenters. The topological polar surface area (TPSA) is 109 Å². The SMILES string of the molecule is CCN1C(=O)COc2ccc(-c3csc(NS(=O)(=O)c4ccc5c(c4)CCN5C(C)=O)n3)cc21. The summed E-state index contributed by atoms with van der Waals surface area (Å²) >= 11 is 1.17. The number of hydrogen-bond donors (Lipinski definition) is 1. The normalized spacial score (nSPS) is 15.1. The zero-order valence-electron chi connectivity index (χ0n) is 18.6. The van der Waals surface area contributed by atoms with Gasteiger partial charge < -0.3 is 14.5 Å². The zero-order valence-corrected chi connectivity index (χ0v) is 20.2. The summed E-state index contributed by atoms with van der Waals surface area (Å²) in [5.41, 5.74) is 3.58. The Morgan fingerprint density at radius 2 is 2.03 bits per heavy atom. The summed E-state index contributed by atoms with van der Waals surface area (Å²) in [5, 5.41) is 1.99. The lowest BCUT2D eigenvalue weighted by atomic mass is 10.1. The molecule has 2 aliphatic heterocycles. The molecule has 2 aliphatic rings. The van der Waals surface area contributed by atoms with Crippen LogP contribution in [-0.4, -0.2) is 44.9 Å². The van der Waals surface area contributed by atoms with Gasteiger partial charge in [-0.25, -0.2) is 13.4 Å². The van der Waals surface area contributed by atoms with Gasteiger partial charge in [0.05, 0.1) is 16.3 Å². The van der Waals surface area contributed by atoms with Crippen LogP contribution in [0.3, 0.4) is 0 Å². The Labute approximate surface area is 201 Å². The second-order valence-electron chi connectivity index (χ2n) is 7.96. The number of benzene rings is 2. The third-order valence-electron chi connectivity index (χ3n) is 5.88. The van der Waals surface area contributed by atoms with Crippen molar-refractivity contribution in [2.75, 3.05) is 34.2 Å². The van der Waals surface area contributed by atoms with Crippen molar-refractivity contribution in [3.63, 3.8) is 0 Å². The fraction of sp³-hybridized carbons (Fsp3) is 0.261. The number of hydrogen-bond acceptors (Lipinski definition) is 7. The molecule has 3 aromatic rings. The van der Waals surface area contributed by atoms with E-state index >= 15 is 0 Å². The Hall–Kier alpha value is -3.44. The van der Waals surface area contributed by atoms with E-state index in [-0.39, 0.29) is 28.4 Å². The van der Waals surface area contributed by atoms with E-state index in [0.717, 1.165) is 16.8 Å². The van der Waals surface area contributed by atoms with E-state index in [4.69, 9.17) is 4.74 Å². The number of amides is 2. The van der Waals surface area contributed by atoms with Gasteiger partial charge in [0.25, 0.3) is 15.9 Å². The summed E-state index contributed by atoms with van der Waals surface area (Å²) in [5.74, 6) is 0.448. The maximum Gasteiger partial charge on any atom is 0.265 e. The first-order valence-corrected chi connectivity index (χ1v) is 13.1. The van der Waals surface area contributed by atoms with E-state index in [9.17, 15) is 18.0 Å². The third kappa shape index (κ3) is 3.90. The number of nitrogens with zero attached hydrogens (tertiary/aromatic N) is 3. The molecule has 0 spiro atoms. The Balaban J connectivity index is 1.39. The number of rotatable bonds is 5. The van der Waals surface area contributed by atoms with Crippen LogP contribution in [0.15, 0.2) is 46.7 Å². The zero-order chi connectivity index (χ0) is 24.0. The van der Waals surface area contributed by atoms with Crippen molar-refractivity contribution >= 4 is 49.7 Å². The second kappa shape index (κ2) is 8.41. The Morgan fingerprint density at radius 1 is 1.21 bits per heavy atom. The lowest BCUT2D eigenvalue weighted by Gasteiger charge is -2.28. The maximum absolute atomic E-state index is 13.0. The number of likely N-dealkylation sites (N-methyl/N-ethyl adjacent to an activating group) is 1. The van der Waals surface area contributed by atoms with Gasteiger partial charge in [-0.05, 0) is 55.3 Å². The number of anilines is 3. The summed E-state index contributed by atoms with van der Waals surface area (Å²) in [6, 6.07) is 10.2. The predicted octanol–water partition coefficient (Wildman–Crippen LogP) is 3.27. The van der Waals surface area contributed by atoms with Crippen molar-refractivity contribution in [1.29, 1.82) is 0 Å². The summed E-state index contributed by atoms with van der Waals surface area (Å²) in [6.45, 7) is 4.47. The maximum atomic E-state index is 13.0. The Bertz CT molecular complexity index is 1420. The molecule has 3 heterocycles. The minimum Gasteiger partial charge on any atom is -0.482 e. The third-order valence-corrected chi connectivity index (χ3v) is 8.10. The molecule has 0 fully saturated rings. The number of fused-ring (bicyclic) bond motifs is 2. The molecule has 1 aromatic heterocycles. The Morgan fingerprint density at radius 3 is 2.79 bits per heavy atom.